The molecule has 17 heavy (non-hydrogen) atoms. The van der Waals surface area contributed by atoms with Gasteiger partial charge in [-0.1, -0.05) is 6.92 Å². The molecular formula is C12H17N3S2. The first-order valence-electron chi connectivity index (χ1n) is 5.85. The molecule has 0 radical (unpaired) electrons. The molecule has 0 aromatic carbocycles. The fraction of sp³-hybridized carbons (Fsp3) is 0.500. The number of aryl methyl sites for hydroxylation is 2. The lowest BCUT2D eigenvalue weighted by atomic mass is 10.2. The molecule has 0 aliphatic heterocycles. The number of thiophene rings is 1. The zero-order chi connectivity index (χ0) is 12.4. The van der Waals surface area contributed by atoms with E-state index in [1.54, 1.807) is 0 Å². The predicted octanol–water partition coefficient (Wildman–Crippen LogP) is 3.87. The van der Waals surface area contributed by atoms with Crippen LogP contribution >= 0.6 is 23.6 Å². The van der Waals surface area contributed by atoms with Crippen molar-refractivity contribution in [2.24, 2.45) is 0 Å². The summed E-state index contributed by atoms with van der Waals surface area (Å²) in [5.74, 6) is 1.05. The fourth-order valence-corrected chi connectivity index (χ4v) is 3.17. The van der Waals surface area contributed by atoms with E-state index in [1.807, 2.05) is 11.3 Å². The van der Waals surface area contributed by atoms with Crippen LogP contribution in [0, 0.1) is 11.7 Å². The molecular weight excluding hydrogens is 250 g/mol. The molecule has 1 atom stereocenters. The minimum Gasteiger partial charge on any atom is -0.296 e. The highest BCUT2D eigenvalue weighted by Crippen LogP contribution is 2.26. The van der Waals surface area contributed by atoms with Crippen molar-refractivity contribution in [1.82, 2.24) is 14.8 Å². The third-order valence-electron chi connectivity index (χ3n) is 2.81. The number of H-pyrrole nitrogens is 1. The standard InChI is InChI=1S/C12H17N3S2/c1-4-5-11-13-14-12(16)15(11)9(3)10-7-6-8(2)17-10/h6-7,9H,4-5H2,1-3H3,(H,14,16). The van der Waals surface area contributed by atoms with E-state index in [1.165, 1.54) is 9.75 Å². The molecule has 1 N–H and O–H groups in total. The lowest BCUT2D eigenvalue weighted by Gasteiger charge is -2.13. The van der Waals surface area contributed by atoms with Crippen molar-refractivity contribution in [2.75, 3.05) is 0 Å². The third kappa shape index (κ3) is 2.50. The summed E-state index contributed by atoms with van der Waals surface area (Å²) in [5, 5.41) is 7.21. The maximum absolute atomic E-state index is 5.32. The highest BCUT2D eigenvalue weighted by Gasteiger charge is 2.15. The van der Waals surface area contributed by atoms with Gasteiger partial charge in [0.05, 0.1) is 6.04 Å². The van der Waals surface area contributed by atoms with Gasteiger partial charge in [-0.2, -0.15) is 5.10 Å². The van der Waals surface area contributed by atoms with Crippen molar-refractivity contribution in [1.29, 1.82) is 0 Å². The van der Waals surface area contributed by atoms with Crippen molar-refractivity contribution in [3.05, 3.63) is 32.5 Å². The molecule has 2 rings (SSSR count). The summed E-state index contributed by atoms with van der Waals surface area (Å²) in [6.45, 7) is 6.46. The molecule has 0 saturated carbocycles. The molecule has 0 amide bonds. The first-order chi connectivity index (χ1) is 8.13. The molecule has 92 valence electrons. The van der Waals surface area contributed by atoms with Gasteiger partial charge in [0.15, 0.2) is 4.77 Å². The van der Waals surface area contributed by atoms with Crippen molar-refractivity contribution < 1.29 is 0 Å². The van der Waals surface area contributed by atoms with Gasteiger partial charge >= 0.3 is 0 Å². The SMILES string of the molecule is CCCc1n[nH]c(=S)n1C(C)c1ccc(C)s1. The molecule has 0 aliphatic rings. The smallest absolute Gasteiger partial charge is 0.195 e. The molecule has 0 fully saturated rings. The highest BCUT2D eigenvalue weighted by molar-refractivity contribution is 7.71. The molecule has 0 spiro atoms. The Morgan fingerprint density at radius 2 is 2.29 bits per heavy atom. The van der Waals surface area contributed by atoms with Crippen LogP contribution in [-0.4, -0.2) is 14.8 Å². The Kier molecular flexibility index (Phi) is 3.79. The van der Waals surface area contributed by atoms with E-state index in [2.05, 4.69) is 47.7 Å². The Balaban J connectivity index is 2.39. The Hall–Kier alpha value is -0.940. The summed E-state index contributed by atoms with van der Waals surface area (Å²) < 4.78 is 2.84. The van der Waals surface area contributed by atoms with Crippen LogP contribution in [0.25, 0.3) is 0 Å². The molecule has 0 aliphatic carbocycles. The Bertz CT molecular complexity index is 550. The van der Waals surface area contributed by atoms with Gasteiger partial charge in [-0.3, -0.25) is 9.67 Å². The largest absolute Gasteiger partial charge is 0.296 e. The van der Waals surface area contributed by atoms with Gasteiger partial charge in [0.2, 0.25) is 0 Å². The summed E-state index contributed by atoms with van der Waals surface area (Å²) in [6, 6.07) is 4.59. The van der Waals surface area contributed by atoms with E-state index >= 15 is 0 Å². The van der Waals surface area contributed by atoms with Crippen LogP contribution < -0.4 is 0 Å². The number of nitrogens with one attached hydrogen (secondary N) is 1. The molecule has 2 heterocycles. The highest BCUT2D eigenvalue weighted by atomic mass is 32.1. The second kappa shape index (κ2) is 5.14. The number of rotatable bonds is 4. The van der Waals surface area contributed by atoms with Gasteiger partial charge in [-0.05, 0) is 44.6 Å². The van der Waals surface area contributed by atoms with Crippen molar-refractivity contribution in [3.8, 4) is 0 Å². The molecule has 1 unspecified atom stereocenters. The third-order valence-corrected chi connectivity index (χ3v) is 4.27. The molecule has 0 bridgehead atoms. The molecule has 2 aromatic heterocycles. The quantitative estimate of drug-likeness (QED) is 0.853. The number of aromatic amines is 1. The summed E-state index contributed by atoms with van der Waals surface area (Å²) >= 11 is 7.14. The zero-order valence-corrected chi connectivity index (χ0v) is 12.0. The molecule has 5 heteroatoms. The van der Waals surface area contributed by atoms with Gasteiger partial charge in [0, 0.05) is 16.2 Å². The van der Waals surface area contributed by atoms with Crippen molar-refractivity contribution in [3.63, 3.8) is 0 Å². The van der Waals surface area contributed by atoms with Gasteiger partial charge in [-0.15, -0.1) is 11.3 Å². The van der Waals surface area contributed by atoms with Crippen LogP contribution in [0.4, 0.5) is 0 Å². The average Bonchev–Trinajstić information content (AvgIpc) is 2.86. The Morgan fingerprint density at radius 1 is 1.53 bits per heavy atom. The first kappa shape index (κ1) is 12.5. The van der Waals surface area contributed by atoms with Crippen molar-refractivity contribution >= 4 is 23.6 Å². The summed E-state index contributed by atoms with van der Waals surface area (Å²) in [7, 11) is 0. The second-order valence-electron chi connectivity index (χ2n) is 4.19. The molecule has 2 aromatic rings. The van der Waals surface area contributed by atoms with Gasteiger partial charge in [0.1, 0.15) is 5.82 Å². The summed E-state index contributed by atoms with van der Waals surface area (Å²) in [5.41, 5.74) is 0. The van der Waals surface area contributed by atoms with Gasteiger partial charge in [-0.25, -0.2) is 0 Å². The Morgan fingerprint density at radius 3 is 2.88 bits per heavy atom. The summed E-state index contributed by atoms with van der Waals surface area (Å²) in [4.78, 5) is 2.66. The predicted molar refractivity (Wildman–Crippen MR) is 74.3 cm³/mol. The van der Waals surface area contributed by atoms with Gasteiger partial charge in [0.25, 0.3) is 0 Å². The number of aromatic nitrogens is 3. The maximum Gasteiger partial charge on any atom is 0.195 e. The number of nitrogens with zero attached hydrogens (tertiary/aromatic N) is 2. The average molecular weight is 267 g/mol. The fourth-order valence-electron chi connectivity index (χ4n) is 1.94. The van der Waals surface area contributed by atoms with Crippen LogP contribution in [0.15, 0.2) is 12.1 Å². The topological polar surface area (TPSA) is 33.6 Å². The van der Waals surface area contributed by atoms with Crippen LogP contribution in [0.5, 0.6) is 0 Å². The number of hydrogen-bond acceptors (Lipinski definition) is 3. The molecule has 3 nitrogen and oxygen atoms in total. The van der Waals surface area contributed by atoms with E-state index in [9.17, 15) is 0 Å². The van der Waals surface area contributed by atoms with Crippen LogP contribution in [0.1, 0.15) is 41.9 Å². The monoisotopic (exact) mass is 267 g/mol. The maximum atomic E-state index is 5.32. The van der Waals surface area contributed by atoms with E-state index < -0.39 is 0 Å². The van der Waals surface area contributed by atoms with E-state index in [-0.39, 0.29) is 6.04 Å². The van der Waals surface area contributed by atoms with Crippen LogP contribution in [0.3, 0.4) is 0 Å². The zero-order valence-electron chi connectivity index (χ0n) is 10.4. The first-order valence-corrected chi connectivity index (χ1v) is 7.08. The van der Waals surface area contributed by atoms with Crippen molar-refractivity contribution in [2.45, 2.75) is 39.7 Å². The van der Waals surface area contributed by atoms with E-state index in [0.717, 1.165) is 18.7 Å². The Labute approximate surface area is 111 Å². The lowest BCUT2D eigenvalue weighted by Crippen LogP contribution is -2.09. The summed E-state index contributed by atoms with van der Waals surface area (Å²) in [6.07, 6.45) is 2.04. The second-order valence-corrected chi connectivity index (χ2v) is 5.90. The van der Waals surface area contributed by atoms with Crippen LogP contribution in [0.2, 0.25) is 0 Å². The van der Waals surface area contributed by atoms with Gasteiger partial charge < -0.3 is 0 Å². The number of hydrogen-bond donors (Lipinski definition) is 1. The van der Waals surface area contributed by atoms with E-state index in [4.69, 9.17) is 12.2 Å². The minimum absolute atomic E-state index is 0.265. The minimum atomic E-state index is 0.265. The lowest BCUT2D eigenvalue weighted by molar-refractivity contribution is 0.598. The van der Waals surface area contributed by atoms with E-state index in [0.29, 0.717) is 4.77 Å². The molecule has 0 saturated heterocycles. The van der Waals surface area contributed by atoms with Crippen LogP contribution in [-0.2, 0) is 6.42 Å². The normalized spacial score (nSPS) is 12.9.